The summed E-state index contributed by atoms with van der Waals surface area (Å²) in [6, 6.07) is 7.13. The maximum Gasteiger partial charge on any atom is 0.277 e. The zero-order chi connectivity index (χ0) is 21.9. The van der Waals surface area contributed by atoms with Gasteiger partial charge in [0.15, 0.2) is 5.69 Å². The topological polar surface area (TPSA) is 115 Å². The number of amides is 1. The van der Waals surface area contributed by atoms with Gasteiger partial charge >= 0.3 is 0 Å². The average Bonchev–Trinajstić information content (AvgIpc) is 3.09. The molecule has 1 aromatic carbocycles. The van der Waals surface area contributed by atoms with Crippen molar-refractivity contribution in [3.63, 3.8) is 0 Å². The van der Waals surface area contributed by atoms with Gasteiger partial charge in [-0.15, -0.1) is 10.2 Å². The minimum absolute atomic E-state index is 0.0609. The van der Waals surface area contributed by atoms with Gasteiger partial charge in [0.1, 0.15) is 5.01 Å². The summed E-state index contributed by atoms with van der Waals surface area (Å²) in [7, 11) is -3.88. The first-order valence-corrected chi connectivity index (χ1v) is 11.9. The average molecular weight is 466 g/mol. The van der Waals surface area contributed by atoms with Gasteiger partial charge in [0, 0.05) is 6.42 Å². The highest BCUT2D eigenvalue weighted by Crippen LogP contribution is 2.22. The number of aromatic nitrogens is 4. The van der Waals surface area contributed by atoms with Gasteiger partial charge in [-0.1, -0.05) is 61.1 Å². The minimum Gasteiger partial charge on any atom is -0.295 e. The molecule has 2 heterocycles. The highest BCUT2D eigenvalue weighted by atomic mass is 35.5. The highest BCUT2D eigenvalue weighted by molar-refractivity contribution is 7.90. The Morgan fingerprint density at radius 2 is 1.97 bits per heavy atom. The molecule has 30 heavy (non-hydrogen) atoms. The molecule has 0 saturated heterocycles. The number of sulfone groups is 1. The maximum absolute atomic E-state index is 12.8. The second-order valence-corrected chi connectivity index (χ2v) is 10.4. The summed E-state index contributed by atoms with van der Waals surface area (Å²) in [4.78, 5) is 20.4. The fourth-order valence-corrected chi connectivity index (χ4v) is 5.02. The molecular formula is C19H20ClN5O3S2. The van der Waals surface area contributed by atoms with E-state index >= 15 is 0 Å². The number of rotatable bonds is 7. The van der Waals surface area contributed by atoms with E-state index in [2.05, 4.69) is 39.3 Å². The number of hydrogen-bond acceptors (Lipinski definition) is 8. The number of nitrogens with zero attached hydrogens (tertiary/aromatic N) is 4. The van der Waals surface area contributed by atoms with Crippen LogP contribution in [0.1, 0.15) is 40.5 Å². The predicted molar refractivity (Wildman–Crippen MR) is 116 cm³/mol. The van der Waals surface area contributed by atoms with Gasteiger partial charge in [-0.05, 0) is 24.0 Å². The van der Waals surface area contributed by atoms with Crippen molar-refractivity contribution in [2.24, 2.45) is 5.92 Å². The highest BCUT2D eigenvalue weighted by Gasteiger charge is 2.24. The van der Waals surface area contributed by atoms with Crippen molar-refractivity contribution in [1.29, 1.82) is 0 Å². The van der Waals surface area contributed by atoms with Crippen LogP contribution >= 0.6 is 22.9 Å². The van der Waals surface area contributed by atoms with Gasteiger partial charge in [0.2, 0.25) is 20.1 Å². The Morgan fingerprint density at radius 3 is 2.67 bits per heavy atom. The van der Waals surface area contributed by atoms with Crippen LogP contribution in [0.2, 0.25) is 5.02 Å². The van der Waals surface area contributed by atoms with Crippen LogP contribution < -0.4 is 5.32 Å². The third-order valence-corrected chi connectivity index (χ3v) is 6.67. The summed E-state index contributed by atoms with van der Waals surface area (Å²) in [5.41, 5.74) is 1.23. The summed E-state index contributed by atoms with van der Waals surface area (Å²) in [5.74, 6) is -0.557. The fourth-order valence-electron chi connectivity index (χ4n) is 2.59. The van der Waals surface area contributed by atoms with Crippen LogP contribution in [0.3, 0.4) is 0 Å². The molecule has 158 valence electrons. The molecule has 0 aliphatic carbocycles. The number of aryl methyl sites for hydroxylation is 1. The van der Waals surface area contributed by atoms with Crippen molar-refractivity contribution in [1.82, 2.24) is 20.2 Å². The Labute approximate surface area is 183 Å². The fraction of sp³-hybridized carbons (Fsp3) is 0.316. The number of anilines is 1. The summed E-state index contributed by atoms with van der Waals surface area (Å²) in [6.07, 6.45) is 1.85. The van der Waals surface area contributed by atoms with Gasteiger partial charge in [0.25, 0.3) is 5.91 Å². The van der Waals surface area contributed by atoms with E-state index in [1.54, 1.807) is 12.1 Å². The molecule has 0 unspecified atom stereocenters. The second kappa shape index (κ2) is 9.15. The Hall–Kier alpha value is -2.43. The number of hydrogen-bond donors (Lipinski definition) is 1. The smallest absolute Gasteiger partial charge is 0.277 e. The lowest BCUT2D eigenvalue weighted by molar-refractivity contribution is 0.102. The molecule has 0 bridgehead atoms. The molecule has 0 aliphatic heterocycles. The SMILES string of the molecule is Cc1ccccc1CS(=O)(=O)c1ncc(Cl)c(C(=O)Nc2nnc(CC(C)C)s2)n1. The van der Waals surface area contributed by atoms with E-state index < -0.39 is 20.9 Å². The summed E-state index contributed by atoms with van der Waals surface area (Å²) < 4.78 is 25.6. The number of nitrogens with one attached hydrogen (secondary N) is 1. The van der Waals surface area contributed by atoms with Crippen LogP contribution in [-0.4, -0.2) is 34.5 Å². The number of halogens is 1. The number of carbonyl (C=O) groups excluding carboxylic acids is 1. The molecule has 0 radical (unpaired) electrons. The number of benzene rings is 1. The van der Waals surface area contributed by atoms with Crippen molar-refractivity contribution in [3.8, 4) is 0 Å². The second-order valence-electron chi connectivity index (χ2n) is 7.09. The van der Waals surface area contributed by atoms with Gasteiger partial charge in [-0.2, -0.15) is 0 Å². The van der Waals surface area contributed by atoms with Crippen molar-refractivity contribution in [3.05, 3.63) is 57.3 Å². The van der Waals surface area contributed by atoms with Gasteiger partial charge in [-0.25, -0.2) is 18.4 Å². The standard InChI is InChI=1S/C19H20ClN5O3S2/c1-11(2)8-15-24-25-18(29-15)23-17(26)16-14(20)9-21-19(22-16)30(27,28)10-13-7-5-4-6-12(13)3/h4-7,9,11H,8,10H2,1-3H3,(H,23,25,26). The minimum atomic E-state index is -3.88. The number of carbonyl (C=O) groups is 1. The Bertz CT molecular complexity index is 1180. The monoisotopic (exact) mass is 465 g/mol. The molecule has 3 rings (SSSR count). The molecule has 2 aromatic heterocycles. The van der Waals surface area contributed by atoms with Gasteiger partial charge in [-0.3, -0.25) is 10.1 Å². The van der Waals surface area contributed by atoms with E-state index in [-0.39, 0.29) is 21.6 Å². The summed E-state index contributed by atoms with van der Waals surface area (Å²) >= 11 is 7.30. The van der Waals surface area contributed by atoms with E-state index in [4.69, 9.17) is 11.6 Å². The zero-order valence-electron chi connectivity index (χ0n) is 16.6. The molecular weight excluding hydrogens is 446 g/mol. The first-order chi connectivity index (χ1) is 14.2. The van der Waals surface area contributed by atoms with Crippen molar-refractivity contribution < 1.29 is 13.2 Å². The Morgan fingerprint density at radius 1 is 1.23 bits per heavy atom. The van der Waals surface area contributed by atoms with Crippen LogP contribution in [0.4, 0.5) is 5.13 Å². The van der Waals surface area contributed by atoms with Crippen LogP contribution in [0.15, 0.2) is 35.6 Å². The quantitative estimate of drug-likeness (QED) is 0.528. The van der Waals surface area contributed by atoms with E-state index in [9.17, 15) is 13.2 Å². The van der Waals surface area contributed by atoms with Crippen LogP contribution in [0, 0.1) is 12.8 Å². The maximum atomic E-state index is 12.8. The van der Waals surface area contributed by atoms with Crippen molar-refractivity contribution in [2.45, 2.75) is 38.1 Å². The summed E-state index contributed by atoms with van der Waals surface area (Å²) in [5, 5.41) is 11.1. The molecule has 1 amide bonds. The molecule has 8 nitrogen and oxygen atoms in total. The molecule has 11 heteroatoms. The van der Waals surface area contributed by atoms with Gasteiger partial charge < -0.3 is 0 Å². The van der Waals surface area contributed by atoms with Crippen LogP contribution in [-0.2, 0) is 22.0 Å². The Balaban J connectivity index is 1.83. The lowest BCUT2D eigenvalue weighted by Crippen LogP contribution is -2.18. The predicted octanol–water partition coefficient (Wildman–Crippen LogP) is 3.71. The van der Waals surface area contributed by atoms with E-state index in [0.717, 1.165) is 23.2 Å². The van der Waals surface area contributed by atoms with Gasteiger partial charge in [0.05, 0.1) is 17.0 Å². The van der Waals surface area contributed by atoms with Crippen LogP contribution in [0.25, 0.3) is 0 Å². The largest absolute Gasteiger partial charge is 0.295 e. The zero-order valence-corrected chi connectivity index (χ0v) is 19.0. The first kappa shape index (κ1) is 22.3. The molecule has 3 aromatic rings. The molecule has 0 saturated carbocycles. The Kier molecular flexibility index (Phi) is 6.79. The van der Waals surface area contributed by atoms with E-state index in [1.165, 1.54) is 11.3 Å². The lowest BCUT2D eigenvalue weighted by Gasteiger charge is -2.08. The third-order valence-electron chi connectivity index (χ3n) is 4.09. The molecule has 0 atom stereocenters. The lowest BCUT2D eigenvalue weighted by atomic mass is 10.1. The first-order valence-electron chi connectivity index (χ1n) is 9.09. The normalized spacial score (nSPS) is 11.6. The molecule has 1 N–H and O–H groups in total. The molecule has 0 fully saturated rings. The molecule has 0 spiro atoms. The van der Waals surface area contributed by atoms with Crippen LogP contribution in [0.5, 0.6) is 0 Å². The molecule has 0 aliphatic rings. The summed E-state index contributed by atoms with van der Waals surface area (Å²) in [6.45, 7) is 5.93. The van der Waals surface area contributed by atoms with Crippen molar-refractivity contribution in [2.75, 3.05) is 5.32 Å². The van der Waals surface area contributed by atoms with Crippen molar-refractivity contribution >= 4 is 43.8 Å². The van der Waals surface area contributed by atoms with E-state index in [0.29, 0.717) is 11.5 Å². The third kappa shape index (κ3) is 5.38. The van der Waals surface area contributed by atoms with E-state index in [1.807, 2.05) is 19.1 Å².